The number of aromatic nitrogens is 2. The van der Waals surface area contributed by atoms with Gasteiger partial charge in [0.25, 0.3) is 0 Å². The zero-order valence-electron chi connectivity index (χ0n) is 13.6. The topological polar surface area (TPSA) is 80.5 Å². The first-order valence-electron chi connectivity index (χ1n) is 7.84. The number of halogens is 1. The predicted molar refractivity (Wildman–Crippen MR) is 89.4 cm³/mol. The van der Waals surface area contributed by atoms with Crippen LogP contribution in [0.3, 0.4) is 0 Å². The Bertz CT molecular complexity index is 730. The lowest BCUT2D eigenvalue weighted by Crippen LogP contribution is -2.31. The van der Waals surface area contributed by atoms with E-state index < -0.39 is 0 Å². The highest BCUT2D eigenvalue weighted by atomic mass is 35.5. The molecule has 1 saturated carbocycles. The van der Waals surface area contributed by atoms with E-state index in [9.17, 15) is 4.79 Å². The molecular weight excluding hydrogens is 332 g/mol. The SMILES string of the molecule is CCOc1c(Cl)cccc1NC(=O)N(C)Cc1nc(C2CC2)no1. The Morgan fingerprint density at radius 2 is 2.29 bits per heavy atom. The van der Waals surface area contributed by atoms with Crippen molar-refractivity contribution in [3.05, 3.63) is 34.9 Å². The van der Waals surface area contributed by atoms with E-state index in [4.69, 9.17) is 20.9 Å². The summed E-state index contributed by atoms with van der Waals surface area (Å²) in [5.74, 6) is 2.03. The fourth-order valence-electron chi connectivity index (χ4n) is 2.22. The maximum absolute atomic E-state index is 12.4. The number of ether oxygens (including phenoxy) is 1. The molecule has 3 rings (SSSR count). The van der Waals surface area contributed by atoms with Crippen molar-refractivity contribution in [2.24, 2.45) is 0 Å². The second-order valence-electron chi connectivity index (χ2n) is 5.66. The summed E-state index contributed by atoms with van der Waals surface area (Å²) in [6.45, 7) is 2.54. The number of hydrogen-bond acceptors (Lipinski definition) is 5. The van der Waals surface area contributed by atoms with Crippen molar-refractivity contribution in [1.29, 1.82) is 0 Å². The van der Waals surface area contributed by atoms with Crippen molar-refractivity contribution in [1.82, 2.24) is 15.0 Å². The Morgan fingerprint density at radius 1 is 1.50 bits per heavy atom. The van der Waals surface area contributed by atoms with Crippen LogP contribution in [0.25, 0.3) is 0 Å². The number of anilines is 1. The van der Waals surface area contributed by atoms with Gasteiger partial charge in [-0.3, -0.25) is 0 Å². The zero-order valence-corrected chi connectivity index (χ0v) is 14.3. The molecule has 0 aliphatic heterocycles. The first-order valence-corrected chi connectivity index (χ1v) is 8.22. The molecule has 0 spiro atoms. The van der Waals surface area contributed by atoms with Crippen molar-refractivity contribution in [2.45, 2.75) is 32.2 Å². The highest BCUT2D eigenvalue weighted by Gasteiger charge is 2.29. The van der Waals surface area contributed by atoms with Gasteiger partial charge in [-0.15, -0.1) is 0 Å². The lowest BCUT2D eigenvalue weighted by atomic mass is 10.3. The molecule has 0 bridgehead atoms. The smallest absolute Gasteiger partial charge is 0.322 e. The maximum Gasteiger partial charge on any atom is 0.322 e. The monoisotopic (exact) mass is 350 g/mol. The van der Waals surface area contributed by atoms with Gasteiger partial charge < -0.3 is 19.5 Å². The average molecular weight is 351 g/mol. The summed E-state index contributed by atoms with van der Waals surface area (Å²) in [7, 11) is 1.65. The number of carbonyl (C=O) groups is 1. The molecular formula is C16H19ClN4O3. The van der Waals surface area contributed by atoms with Gasteiger partial charge in [-0.1, -0.05) is 22.8 Å². The third-order valence-electron chi connectivity index (χ3n) is 3.64. The van der Waals surface area contributed by atoms with Crippen LogP contribution in [0.2, 0.25) is 5.02 Å². The van der Waals surface area contributed by atoms with Gasteiger partial charge in [-0.05, 0) is 31.9 Å². The third kappa shape index (κ3) is 3.79. The Morgan fingerprint density at radius 3 is 3.00 bits per heavy atom. The first-order chi connectivity index (χ1) is 11.6. The summed E-state index contributed by atoms with van der Waals surface area (Å²) in [6.07, 6.45) is 2.20. The van der Waals surface area contributed by atoms with Gasteiger partial charge in [0.1, 0.15) is 6.54 Å². The van der Waals surface area contributed by atoms with Crippen LogP contribution in [-0.4, -0.2) is 34.7 Å². The predicted octanol–water partition coefficient (Wildman–Crippen LogP) is 3.66. The summed E-state index contributed by atoms with van der Waals surface area (Å²) in [4.78, 5) is 18.1. The molecule has 0 saturated heterocycles. The Labute approximate surface area is 144 Å². The molecule has 2 aromatic rings. The number of nitrogens with one attached hydrogen (secondary N) is 1. The van der Waals surface area contributed by atoms with E-state index in [1.54, 1.807) is 25.2 Å². The van der Waals surface area contributed by atoms with Gasteiger partial charge in [0.15, 0.2) is 11.6 Å². The largest absolute Gasteiger partial charge is 0.490 e. The summed E-state index contributed by atoms with van der Waals surface area (Å²) in [6, 6.07) is 4.88. The van der Waals surface area contributed by atoms with Crippen molar-refractivity contribution in [3.8, 4) is 5.75 Å². The fourth-order valence-corrected chi connectivity index (χ4v) is 2.45. The van der Waals surface area contributed by atoms with Gasteiger partial charge in [0.2, 0.25) is 5.89 Å². The van der Waals surface area contributed by atoms with Crippen LogP contribution >= 0.6 is 11.6 Å². The number of amides is 2. The van der Waals surface area contributed by atoms with E-state index in [-0.39, 0.29) is 12.6 Å². The Kier molecular flexibility index (Phi) is 4.89. The highest BCUT2D eigenvalue weighted by molar-refractivity contribution is 6.32. The van der Waals surface area contributed by atoms with Crippen LogP contribution in [0.1, 0.15) is 37.4 Å². The van der Waals surface area contributed by atoms with Gasteiger partial charge in [0.05, 0.1) is 17.3 Å². The second kappa shape index (κ2) is 7.09. The summed E-state index contributed by atoms with van der Waals surface area (Å²) >= 11 is 6.12. The minimum absolute atomic E-state index is 0.232. The number of carbonyl (C=O) groups excluding carboxylic acids is 1. The van der Waals surface area contributed by atoms with Crippen LogP contribution in [-0.2, 0) is 6.54 Å². The number of nitrogens with zero attached hydrogens (tertiary/aromatic N) is 3. The van der Waals surface area contributed by atoms with Gasteiger partial charge in [-0.25, -0.2) is 4.79 Å². The molecule has 7 nitrogen and oxygen atoms in total. The minimum atomic E-state index is -0.315. The Balaban J connectivity index is 1.64. The van der Waals surface area contributed by atoms with E-state index in [0.29, 0.717) is 34.9 Å². The molecule has 1 aromatic carbocycles. The molecule has 1 heterocycles. The summed E-state index contributed by atoms with van der Waals surface area (Å²) in [5.41, 5.74) is 0.519. The van der Waals surface area contributed by atoms with Gasteiger partial charge >= 0.3 is 6.03 Å². The molecule has 8 heteroatoms. The molecule has 1 N–H and O–H groups in total. The van der Waals surface area contributed by atoms with Gasteiger partial charge in [-0.2, -0.15) is 4.98 Å². The van der Waals surface area contributed by atoms with Crippen LogP contribution < -0.4 is 10.1 Å². The molecule has 128 valence electrons. The highest BCUT2D eigenvalue weighted by Crippen LogP contribution is 2.38. The van der Waals surface area contributed by atoms with Crippen molar-refractivity contribution in [3.63, 3.8) is 0 Å². The van der Waals surface area contributed by atoms with Crippen molar-refractivity contribution >= 4 is 23.3 Å². The lowest BCUT2D eigenvalue weighted by Gasteiger charge is -2.18. The van der Waals surface area contributed by atoms with Crippen molar-refractivity contribution < 1.29 is 14.1 Å². The van der Waals surface area contributed by atoms with Crippen LogP contribution in [0.15, 0.2) is 22.7 Å². The number of benzene rings is 1. The minimum Gasteiger partial charge on any atom is -0.490 e. The van der Waals surface area contributed by atoms with E-state index in [0.717, 1.165) is 18.7 Å². The van der Waals surface area contributed by atoms with E-state index in [2.05, 4.69) is 15.5 Å². The molecule has 1 aliphatic carbocycles. The maximum atomic E-state index is 12.4. The van der Waals surface area contributed by atoms with Crippen molar-refractivity contribution in [2.75, 3.05) is 19.0 Å². The quantitative estimate of drug-likeness (QED) is 0.859. The zero-order chi connectivity index (χ0) is 17.1. The molecule has 1 aromatic heterocycles. The van der Waals surface area contributed by atoms with E-state index in [1.165, 1.54) is 4.90 Å². The Hall–Kier alpha value is -2.28. The van der Waals surface area contributed by atoms with E-state index >= 15 is 0 Å². The number of para-hydroxylation sites is 1. The lowest BCUT2D eigenvalue weighted by molar-refractivity contribution is 0.212. The average Bonchev–Trinajstić information content (AvgIpc) is 3.31. The molecule has 0 radical (unpaired) electrons. The van der Waals surface area contributed by atoms with Gasteiger partial charge in [0, 0.05) is 13.0 Å². The molecule has 0 atom stereocenters. The molecule has 24 heavy (non-hydrogen) atoms. The summed E-state index contributed by atoms with van der Waals surface area (Å²) < 4.78 is 10.7. The fraction of sp³-hybridized carbons (Fsp3) is 0.438. The molecule has 1 fully saturated rings. The molecule has 1 aliphatic rings. The number of rotatable bonds is 6. The summed E-state index contributed by atoms with van der Waals surface area (Å²) in [5, 5.41) is 7.18. The number of hydrogen-bond donors (Lipinski definition) is 1. The third-order valence-corrected chi connectivity index (χ3v) is 3.94. The molecule has 2 amide bonds. The van der Waals surface area contributed by atoms with E-state index in [1.807, 2.05) is 6.92 Å². The van der Waals surface area contributed by atoms with Crippen LogP contribution in [0, 0.1) is 0 Å². The second-order valence-corrected chi connectivity index (χ2v) is 6.06. The normalized spacial score (nSPS) is 13.6. The van der Waals surface area contributed by atoms with Crippen LogP contribution in [0.4, 0.5) is 10.5 Å². The first kappa shape index (κ1) is 16.6. The standard InChI is InChI=1S/C16H19ClN4O3/c1-3-23-14-11(17)5-4-6-12(14)18-16(22)21(2)9-13-19-15(20-24-13)10-7-8-10/h4-6,10H,3,7-9H2,1-2H3,(H,18,22). The molecule has 0 unspecified atom stereocenters. The number of urea groups is 1. The van der Waals surface area contributed by atoms with Crippen LogP contribution in [0.5, 0.6) is 5.75 Å².